The zero-order chi connectivity index (χ0) is 13.2. The summed E-state index contributed by atoms with van der Waals surface area (Å²) in [7, 11) is 1.74. The number of nitrogens with zero attached hydrogens (tertiary/aromatic N) is 4. The van der Waals surface area contributed by atoms with Crippen LogP contribution in [0.2, 0.25) is 0 Å². The number of methoxy groups -OCH3 is 1. The van der Waals surface area contributed by atoms with Crippen molar-refractivity contribution in [2.75, 3.05) is 37.1 Å². The van der Waals surface area contributed by atoms with Gasteiger partial charge in [-0.1, -0.05) is 0 Å². The zero-order valence-corrected chi connectivity index (χ0v) is 10.9. The number of nitrogen functional groups attached to an aromatic ring is 1. The Bertz CT molecular complexity index is 568. The average Bonchev–Trinajstić information content (AvgIpc) is 3.06. The van der Waals surface area contributed by atoms with E-state index in [1.807, 2.05) is 16.8 Å². The molecule has 1 fully saturated rings. The van der Waals surface area contributed by atoms with Gasteiger partial charge in [0.15, 0.2) is 17.3 Å². The van der Waals surface area contributed by atoms with E-state index in [2.05, 4.69) is 20.3 Å². The van der Waals surface area contributed by atoms with Crippen LogP contribution in [0.1, 0.15) is 6.42 Å². The lowest BCUT2D eigenvalue weighted by Gasteiger charge is -2.18. The predicted octanol–water partition coefficient (Wildman–Crippen LogP) is 0.488. The number of hydrogen-bond acceptors (Lipinski definition) is 6. The summed E-state index contributed by atoms with van der Waals surface area (Å²) in [4.78, 5) is 11.1. The summed E-state index contributed by atoms with van der Waals surface area (Å²) in [6.07, 6.45) is 6.60. The molecule has 3 N–H and O–H groups in total. The minimum Gasteiger partial charge on any atom is -0.384 e. The van der Waals surface area contributed by atoms with Gasteiger partial charge in [0.05, 0.1) is 12.8 Å². The number of fused-ring (bicyclic) bond motifs is 1. The lowest BCUT2D eigenvalue weighted by Crippen LogP contribution is -2.23. The molecule has 7 heteroatoms. The quantitative estimate of drug-likeness (QED) is 0.616. The van der Waals surface area contributed by atoms with Crippen molar-refractivity contribution in [1.82, 2.24) is 14.4 Å². The van der Waals surface area contributed by atoms with E-state index in [0.29, 0.717) is 11.7 Å². The maximum Gasteiger partial charge on any atom is 0.180 e. The van der Waals surface area contributed by atoms with Crippen LogP contribution in [0.15, 0.2) is 18.6 Å². The van der Waals surface area contributed by atoms with Crippen molar-refractivity contribution in [3.63, 3.8) is 0 Å². The van der Waals surface area contributed by atoms with Crippen LogP contribution in [-0.4, -0.2) is 41.2 Å². The van der Waals surface area contributed by atoms with Gasteiger partial charge in [0.1, 0.15) is 0 Å². The lowest BCUT2D eigenvalue weighted by atomic mass is 10.1. The molecule has 1 saturated heterocycles. The average molecular weight is 262 g/mol. The molecule has 1 unspecified atom stereocenters. The first-order valence-electron chi connectivity index (χ1n) is 6.36. The third kappa shape index (κ3) is 2.22. The Morgan fingerprint density at radius 2 is 2.47 bits per heavy atom. The summed E-state index contributed by atoms with van der Waals surface area (Å²) >= 11 is 0. The van der Waals surface area contributed by atoms with Crippen LogP contribution in [0.25, 0.3) is 5.65 Å². The molecule has 1 atom stereocenters. The Hall–Kier alpha value is -1.86. The number of rotatable bonds is 4. The Kier molecular flexibility index (Phi) is 3.22. The number of nitrogens with one attached hydrogen (secondary N) is 1. The van der Waals surface area contributed by atoms with E-state index in [-0.39, 0.29) is 0 Å². The van der Waals surface area contributed by atoms with Crippen molar-refractivity contribution < 1.29 is 4.74 Å². The summed E-state index contributed by atoms with van der Waals surface area (Å²) in [5.41, 5.74) is 3.46. The van der Waals surface area contributed by atoms with Crippen LogP contribution in [0, 0.1) is 5.92 Å². The van der Waals surface area contributed by atoms with E-state index < -0.39 is 0 Å². The Morgan fingerprint density at radius 3 is 3.26 bits per heavy atom. The van der Waals surface area contributed by atoms with Crippen molar-refractivity contribution in [1.29, 1.82) is 0 Å². The second kappa shape index (κ2) is 5.02. The van der Waals surface area contributed by atoms with Crippen molar-refractivity contribution in [3.05, 3.63) is 18.6 Å². The van der Waals surface area contributed by atoms with Crippen molar-refractivity contribution >= 4 is 17.3 Å². The Morgan fingerprint density at radius 1 is 1.58 bits per heavy atom. The highest BCUT2D eigenvalue weighted by atomic mass is 16.5. The fourth-order valence-electron chi connectivity index (χ4n) is 2.59. The molecule has 0 saturated carbocycles. The van der Waals surface area contributed by atoms with Crippen molar-refractivity contribution in [3.8, 4) is 0 Å². The molecule has 3 rings (SSSR count). The molecule has 19 heavy (non-hydrogen) atoms. The third-order valence-corrected chi connectivity index (χ3v) is 3.49. The second-order valence-corrected chi connectivity index (χ2v) is 4.81. The highest BCUT2D eigenvalue weighted by molar-refractivity contribution is 5.67. The van der Waals surface area contributed by atoms with Gasteiger partial charge in [-0.25, -0.2) is 15.8 Å². The number of imidazole rings is 1. The summed E-state index contributed by atoms with van der Waals surface area (Å²) in [5.74, 6) is 7.53. The van der Waals surface area contributed by atoms with Gasteiger partial charge in [-0.15, -0.1) is 0 Å². The van der Waals surface area contributed by atoms with Gasteiger partial charge in [-0.2, -0.15) is 0 Å². The number of aromatic nitrogens is 3. The topological polar surface area (TPSA) is 80.7 Å². The molecule has 0 aromatic carbocycles. The van der Waals surface area contributed by atoms with Crippen LogP contribution >= 0.6 is 0 Å². The van der Waals surface area contributed by atoms with E-state index >= 15 is 0 Å². The van der Waals surface area contributed by atoms with Crippen LogP contribution in [0.5, 0.6) is 0 Å². The fourth-order valence-corrected chi connectivity index (χ4v) is 2.59. The van der Waals surface area contributed by atoms with Gasteiger partial charge in [-0.05, 0) is 6.42 Å². The maximum absolute atomic E-state index is 5.47. The van der Waals surface area contributed by atoms with Crippen LogP contribution in [0.3, 0.4) is 0 Å². The van der Waals surface area contributed by atoms with E-state index in [1.165, 1.54) is 0 Å². The second-order valence-electron chi connectivity index (χ2n) is 4.81. The molecule has 0 spiro atoms. The molecule has 2 aromatic heterocycles. The fraction of sp³-hybridized carbons (Fsp3) is 0.500. The molecular weight excluding hydrogens is 244 g/mol. The first kappa shape index (κ1) is 12.2. The van der Waals surface area contributed by atoms with Crippen molar-refractivity contribution in [2.24, 2.45) is 11.8 Å². The van der Waals surface area contributed by atoms with Crippen LogP contribution < -0.4 is 16.2 Å². The first-order chi connectivity index (χ1) is 9.31. The molecular formula is C12H18N6O. The molecule has 0 radical (unpaired) electrons. The molecule has 3 heterocycles. The lowest BCUT2D eigenvalue weighted by molar-refractivity contribution is 0.161. The predicted molar refractivity (Wildman–Crippen MR) is 73.0 cm³/mol. The van der Waals surface area contributed by atoms with Crippen LogP contribution in [-0.2, 0) is 4.74 Å². The normalized spacial score (nSPS) is 19.3. The maximum atomic E-state index is 5.47. The van der Waals surface area contributed by atoms with E-state index in [9.17, 15) is 0 Å². The van der Waals surface area contributed by atoms with Crippen molar-refractivity contribution in [2.45, 2.75) is 6.42 Å². The standard InChI is InChI=1S/C12H18N6O/c1-19-8-9-2-4-17(6-9)12-11-14-3-5-18(11)7-10(15-12)16-13/h3,5,7,9,16H,2,4,6,8,13H2,1H3. The Balaban J connectivity index is 1.93. The molecule has 0 bridgehead atoms. The van der Waals surface area contributed by atoms with Gasteiger partial charge >= 0.3 is 0 Å². The van der Waals surface area contributed by atoms with E-state index in [1.54, 1.807) is 13.3 Å². The molecule has 1 aliphatic heterocycles. The molecule has 0 amide bonds. The van der Waals surface area contributed by atoms with Gasteiger partial charge in [0, 0.05) is 38.5 Å². The highest BCUT2D eigenvalue weighted by Gasteiger charge is 2.25. The van der Waals surface area contributed by atoms with Crippen LogP contribution in [0.4, 0.5) is 11.6 Å². The minimum atomic E-state index is 0.552. The largest absolute Gasteiger partial charge is 0.384 e. The Labute approximate surface area is 111 Å². The molecule has 7 nitrogen and oxygen atoms in total. The summed E-state index contributed by atoms with van der Waals surface area (Å²) in [5, 5.41) is 0. The number of hydrogen-bond donors (Lipinski definition) is 2. The molecule has 102 valence electrons. The minimum absolute atomic E-state index is 0.552. The monoisotopic (exact) mass is 262 g/mol. The smallest absolute Gasteiger partial charge is 0.180 e. The molecule has 2 aromatic rings. The summed E-state index contributed by atoms with van der Waals surface area (Å²) in [6.45, 7) is 2.70. The highest BCUT2D eigenvalue weighted by Crippen LogP contribution is 2.26. The molecule has 0 aliphatic carbocycles. The molecule has 1 aliphatic rings. The number of anilines is 2. The summed E-state index contributed by atoms with van der Waals surface area (Å²) in [6, 6.07) is 0. The number of nitrogens with two attached hydrogens (primary N) is 1. The van der Waals surface area contributed by atoms with E-state index in [0.717, 1.165) is 37.6 Å². The van der Waals surface area contributed by atoms with Gasteiger partial charge < -0.3 is 19.5 Å². The van der Waals surface area contributed by atoms with Gasteiger partial charge in [0.25, 0.3) is 0 Å². The third-order valence-electron chi connectivity index (χ3n) is 3.49. The van der Waals surface area contributed by atoms with E-state index in [4.69, 9.17) is 10.6 Å². The number of hydrazine groups is 1. The SMILES string of the molecule is COCC1CCN(c2nc(NN)cn3ccnc23)C1. The van der Waals surface area contributed by atoms with Gasteiger partial charge in [0.2, 0.25) is 0 Å². The summed E-state index contributed by atoms with van der Waals surface area (Å²) < 4.78 is 7.16. The first-order valence-corrected chi connectivity index (χ1v) is 6.36. The number of ether oxygens (including phenoxy) is 1. The van der Waals surface area contributed by atoms with Gasteiger partial charge in [-0.3, -0.25) is 0 Å². The zero-order valence-electron chi connectivity index (χ0n) is 10.9.